The van der Waals surface area contributed by atoms with Crippen LogP contribution in [0.4, 0.5) is 5.82 Å². The molecule has 40 heavy (non-hydrogen) atoms. The van der Waals surface area contributed by atoms with Crippen molar-refractivity contribution in [2.45, 2.75) is 13.8 Å². The maximum absolute atomic E-state index is 10.1. The van der Waals surface area contributed by atoms with E-state index < -0.39 is 0 Å². The third-order valence-corrected chi connectivity index (χ3v) is 7.45. The molecule has 190 valence electrons. The molecule has 5 aromatic rings. The monoisotopic (exact) mass is 515 g/mol. The molecule has 1 aliphatic carbocycles. The molecular weight excluding hydrogens is 490 g/mol. The zero-order chi connectivity index (χ0) is 27.8. The van der Waals surface area contributed by atoms with Crippen molar-refractivity contribution in [2.24, 2.45) is 0 Å². The number of para-hydroxylation sites is 1. The molecule has 1 aliphatic rings. The van der Waals surface area contributed by atoms with Gasteiger partial charge in [-0.3, -0.25) is 0 Å². The maximum atomic E-state index is 10.1. The highest BCUT2D eigenvalue weighted by molar-refractivity contribution is 6.09. The van der Waals surface area contributed by atoms with Gasteiger partial charge in [0, 0.05) is 16.8 Å². The van der Waals surface area contributed by atoms with Gasteiger partial charge in [0.25, 0.3) is 0 Å². The van der Waals surface area contributed by atoms with Crippen molar-refractivity contribution in [3.63, 3.8) is 0 Å². The SMILES string of the molecule is CC1=C(C#N)c2nc(N)c(C#N)c(C)c2/C1=C/c1cc(-c2ccccc2)n(-c2ccccc2)c1-c1ccccc1. The van der Waals surface area contributed by atoms with Gasteiger partial charge in [0.2, 0.25) is 0 Å². The third kappa shape index (κ3) is 3.89. The normalized spacial score (nSPS) is 13.2. The Morgan fingerprint density at radius 3 is 2.00 bits per heavy atom. The number of nitriles is 2. The van der Waals surface area contributed by atoms with Gasteiger partial charge in [0.05, 0.1) is 28.2 Å². The summed E-state index contributed by atoms with van der Waals surface area (Å²) in [5.74, 6) is 0.145. The molecule has 0 unspecified atom stereocenters. The molecule has 0 spiro atoms. The molecule has 0 fully saturated rings. The number of rotatable bonds is 4. The molecule has 2 aromatic heterocycles. The highest BCUT2D eigenvalue weighted by Gasteiger charge is 2.30. The van der Waals surface area contributed by atoms with E-state index in [1.165, 1.54) is 0 Å². The minimum absolute atomic E-state index is 0.145. The lowest BCUT2D eigenvalue weighted by Gasteiger charge is -2.15. The van der Waals surface area contributed by atoms with Gasteiger partial charge in [-0.2, -0.15) is 10.5 Å². The first-order valence-electron chi connectivity index (χ1n) is 13.0. The minimum Gasteiger partial charge on any atom is -0.383 e. The van der Waals surface area contributed by atoms with Gasteiger partial charge in [0.15, 0.2) is 0 Å². The van der Waals surface area contributed by atoms with Crippen LogP contribution in [-0.4, -0.2) is 9.55 Å². The Kier molecular flexibility index (Phi) is 6.11. The number of benzene rings is 3. The summed E-state index contributed by atoms with van der Waals surface area (Å²) in [6, 6.07) is 37.7. The molecule has 0 radical (unpaired) electrons. The van der Waals surface area contributed by atoms with Crippen molar-refractivity contribution >= 4 is 23.0 Å². The van der Waals surface area contributed by atoms with Gasteiger partial charge in [0.1, 0.15) is 18.0 Å². The van der Waals surface area contributed by atoms with Crippen LogP contribution in [0.2, 0.25) is 0 Å². The number of aromatic nitrogens is 2. The molecule has 0 saturated heterocycles. The van der Waals surface area contributed by atoms with Crippen molar-refractivity contribution in [1.82, 2.24) is 9.55 Å². The first-order chi connectivity index (χ1) is 19.5. The van der Waals surface area contributed by atoms with Gasteiger partial charge in [-0.15, -0.1) is 0 Å². The highest BCUT2D eigenvalue weighted by atomic mass is 15.0. The summed E-state index contributed by atoms with van der Waals surface area (Å²) in [7, 11) is 0. The van der Waals surface area contributed by atoms with Gasteiger partial charge in [-0.1, -0.05) is 78.9 Å². The van der Waals surface area contributed by atoms with Crippen LogP contribution in [0.25, 0.3) is 45.4 Å². The maximum Gasteiger partial charge on any atom is 0.142 e. The Bertz CT molecular complexity index is 1910. The van der Waals surface area contributed by atoms with Crippen LogP contribution in [0.15, 0.2) is 103 Å². The second kappa shape index (κ2) is 9.91. The fourth-order valence-corrected chi connectivity index (χ4v) is 5.55. The van der Waals surface area contributed by atoms with Gasteiger partial charge in [-0.05, 0) is 66.0 Å². The fraction of sp³-hybridized carbons (Fsp3) is 0.0571. The van der Waals surface area contributed by atoms with Crippen LogP contribution in [0, 0.1) is 29.6 Å². The molecule has 0 bridgehead atoms. The second-order valence-corrected chi connectivity index (χ2v) is 9.74. The van der Waals surface area contributed by atoms with E-state index in [4.69, 9.17) is 5.73 Å². The zero-order valence-electron chi connectivity index (χ0n) is 22.2. The summed E-state index contributed by atoms with van der Waals surface area (Å²) in [6.45, 7) is 3.81. The molecule has 0 aliphatic heterocycles. The summed E-state index contributed by atoms with van der Waals surface area (Å²) in [4.78, 5) is 4.51. The summed E-state index contributed by atoms with van der Waals surface area (Å²) in [6.07, 6.45) is 2.12. The molecule has 6 rings (SSSR count). The number of nitrogen functional groups attached to an aromatic ring is 1. The molecule has 0 amide bonds. The molecule has 5 heteroatoms. The zero-order valence-corrected chi connectivity index (χ0v) is 22.2. The average molecular weight is 516 g/mol. The van der Waals surface area contributed by atoms with Crippen LogP contribution in [-0.2, 0) is 0 Å². The quantitative estimate of drug-likeness (QED) is 0.264. The standard InChI is InChI=1S/C35H25N5/c1-22-28(32-23(2)30(21-37)35(38)39-33(32)29(22)20-36)18-26-19-31(24-12-6-3-7-13-24)40(27-16-10-5-11-17-27)34(26)25-14-8-4-9-15-25/h3-19H,1-2H3,(H2,38,39)/b28-18+. The molecule has 2 N–H and O–H groups in total. The molecule has 2 heterocycles. The van der Waals surface area contributed by atoms with E-state index in [9.17, 15) is 10.5 Å². The Morgan fingerprint density at radius 2 is 1.40 bits per heavy atom. The smallest absolute Gasteiger partial charge is 0.142 e. The number of fused-ring (bicyclic) bond motifs is 1. The van der Waals surface area contributed by atoms with E-state index in [0.29, 0.717) is 16.8 Å². The molecule has 5 nitrogen and oxygen atoms in total. The van der Waals surface area contributed by atoms with Gasteiger partial charge >= 0.3 is 0 Å². The van der Waals surface area contributed by atoms with Crippen LogP contribution in [0.5, 0.6) is 0 Å². The average Bonchev–Trinajstić information content (AvgIpc) is 3.49. The van der Waals surface area contributed by atoms with E-state index in [0.717, 1.165) is 56.0 Å². The van der Waals surface area contributed by atoms with E-state index in [-0.39, 0.29) is 5.82 Å². The Labute approximate surface area is 233 Å². The van der Waals surface area contributed by atoms with E-state index in [1.807, 2.05) is 68.4 Å². The number of hydrogen-bond donors (Lipinski definition) is 1. The number of anilines is 1. The van der Waals surface area contributed by atoms with Crippen molar-refractivity contribution in [3.8, 4) is 40.3 Å². The minimum atomic E-state index is 0.145. The fourth-order valence-electron chi connectivity index (χ4n) is 5.55. The van der Waals surface area contributed by atoms with Crippen LogP contribution in [0.1, 0.15) is 34.9 Å². The third-order valence-electron chi connectivity index (χ3n) is 7.45. The molecular formula is C35H25N5. The predicted octanol–water partition coefficient (Wildman–Crippen LogP) is 7.82. The lowest BCUT2D eigenvalue weighted by Crippen LogP contribution is -2.04. The van der Waals surface area contributed by atoms with Crippen molar-refractivity contribution in [1.29, 1.82) is 10.5 Å². The number of nitrogens with two attached hydrogens (primary N) is 1. The Morgan fingerprint density at radius 1 is 0.800 bits per heavy atom. The number of pyridine rings is 1. The van der Waals surface area contributed by atoms with Crippen molar-refractivity contribution in [3.05, 3.63) is 131 Å². The lowest BCUT2D eigenvalue weighted by atomic mass is 9.95. The molecule has 0 atom stereocenters. The first-order valence-corrected chi connectivity index (χ1v) is 13.0. The predicted molar refractivity (Wildman–Crippen MR) is 161 cm³/mol. The highest BCUT2D eigenvalue weighted by Crippen LogP contribution is 2.46. The number of hydrogen-bond acceptors (Lipinski definition) is 4. The lowest BCUT2D eigenvalue weighted by molar-refractivity contribution is 1.09. The van der Waals surface area contributed by atoms with E-state index in [2.05, 4.69) is 70.2 Å². The summed E-state index contributed by atoms with van der Waals surface area (Å²) >= 11 is 0. The van der Waals surface area contributed by atoms with Crippen LogP contribution in [0.3, 0.4) is 0 Å². The Balaban J connectivity index is 1.72. The molecule has 3 aromatic carbocycles. The van der Waals surface area contributed by atoms with Gasteiger partial charge < -0.3 is 10.3 Å². The number of allylic oxidation sites excluding steroid dienone is 3. The summed E-state index contributed by atoms with van der Waals surface area (Å²) < 4.78 is 2.28. The van der Waals surface area contributed by atoms with E-state index in [1.54, 1.807) is 0 Å². The van der Waals surface area contributed by atoms with E-state index >= 15 is 0 Å². The molecule has 0 saturated carbocycles. The topological polar surface area (TPSA) is 91.4 Å². The Hall–Kier alpha value is -5.65. The van der Waals surface area contributed by atoms with Crippen LogP contribution < -0.4 is 5.73 Å². The van der Waals surface area contributed by atoms with Gasteiger partial charge in [-0.25, -0.2) is 4.98 Å². The first kappa shape index (κ1) is 24.7. The van der Waals surface area contributed by atoms with Crippen LogP contribution >= 0.6 is 0 Å². The summed E-state index contributed by atoms with van der Waals surface area (Å²) in [5.41, 5.74) is 16.9. The largest absolute Gasteiger partial charge is 0.383 e. The second-order valence-electron chi connectivity index (χ2n) is 9.74. The van der Waals surface area contributed by atoms with Crippen molar-refractivity contribution in [2.75, 3.05) is 5.73 Å². The van der Waals surface area contributed by atoms with Crippen molar-refractivity contribution < 1.29 is 0 Å². The number of nitrogens with zero attached hydrogens (tertiary/aromatic N) is 4. The summed E-state index contributed by atoms with van der Waals surface area (Å²) in [5, 5.41) is 19.9.